The zero-order chi connectivity index (χ0) is 17.7. The van der Waals surface area contributed by atoms with Gasteiger partial charge in [-0.15, -0.1) is 0 Å². The van der Waals surface area contributed by atoms with Crippen molar-refractivity contribution >= 4 is 0 Å². The van der Waals surface area contributed by atoms with E-state index in [4.69, 9.17) is 0 Å². The first-order valence-electron chi connectivity index (χ1n) is 9.30. The van der Waals surface area contributed by atoms with Crippen molar-refractivity contribution < 1.29 is 21.5 Å². The average Bonchev–Trinajstić information content (AvgIpc) is 2.59. The largest absolute Gasteiger partial charge is 1.00 e. The molecular formula is C22H35BrN2. The standard InChI is InChI=1S/C11H9N.C11H26N.BrH/c1-2-6-10(7-3-1)11-8-4-5-9-12-11;1-5-6-7-8-9-10-11-12(2,3)4;/h1-9H;5-11H2,1-4H3;1H/q;+1;/p-1. The number of quaternary nitrogens is 1. The van der Waals surface area contributed by atoms with Gasteiger partial charge in [-0.25, -0.2) is 0 Å². The predicted molar refractivity (Wildman–Crippen MR) is 106 cm³/mol. The molecule has 0 aliphatic heterocycles. The summed E-state index contributed by atoms with van der Waals surface area (Å²) < 4.78 is 1.12. The molecule has 0 unspecified atom stereocenters. The summed E-state index contributed by atoms with van der Waals surface area (Å²) in [6.45, 7) is 3.60. The molecule has 0 saturated carbocycles. The Bertz CT molecular complexity index is 483. The molecule has 0 bridgehead atoms. The van der Waals surface area contributed by atoms with Gasteiger partial charge in [-0.2, -0.15) is 0 Å². The highest BCUT2D eigenvalue weighted by atomic mass is 79.9. The van der Waals surface area contributed by atoms with Crippen LogP contribution in [0, 0.1) is 0 Å². The Morgan fingerprint density at radius 1 is 0.760 bits per heavy atom. The van der Waals surface area contributed by atoms with Crippen LogP contribution in [-0.2, 0) is 0 Å². The van der Waals surface area contributed by atoms with Crippen LogP contribution in [0.2, 0.25) is 0 Å². The van der Waals surface area contributed by atoms with Crippen LogP contribution >= 0.6 is 0 Å². The molecule has 0 fully saturated rings. The summed E-state index contributed by atoms with van der Waals surface area (Å²) in [5.41, 5.74) is 2.19. The first kappa shape index (κ1) is 23.8. The van der Waals surface area contributed by atoms with Crippen molar-refractivity contribution in [3.05, 3.63) is 54.7 Å². The summed E-state index contributed by atoms with van der Waals surface area (Å²) in [6, 6.07) is 16.1. The van der Waals surface area contributed by atoms with E-state index in [-0.39, 0.29) is 17.0 Å². The molecule has 0 N–H and O–H groups in total. The first-order chi connectivity index (χ1) is 11.5. The minimum Gasteiger partial charge on any atom is -1.00 e. The topological polar surface area (TPSA) is 12.9 Å². The van der Waals surface area contributed by atoms with Crippen LogP contribution in [0.5, 0.6) is 0 Å². The summed E-state index contributed by atoms with van der Waals surface area (Å²) in [7, 11) is 6.81. The molecule has 0 saturated heterocycles. The van der Waals surface area contributed by atoms with Gasteiger partial charge < -0.3 is 21.5 Å². The van der Waals surface area contributed by atoms with Gasteiger partial charge in [0.2, 0.25) is 0 Å². The van der Waals surface area contributed by atoms with E-state index in [1.807, 2.05) is 42.6 Å². The number of pyridine rings is 1. The molecule has 3 heteroatoms. The lowest BCUT2D eigenvalue weighted by atomic mass is 10.1. The van der Waals surface area contributed by atoms with E-state index in [2.05, 4.69) is 45.2 Å². The highest BCUT2D eigenvalue weighted by molar-refractivity contribution is 5.58. The zero-order valence-corrected chi connectivity index (χ0v) is 18.0. The zero-order valence-electron chi connectivity index (χ0n) is 16.4. The molecule has 1 heterocycles. The van der Waals surface area contributed by atoms with Crippen molar-refractivity contribution in [3.8, 4) is 11.3 Å². The van der Waals surface area contributed by atoms with E-state index in [1.165, 1.54) is 45.1 Å². The molecule has 0 atom stereocenters. The highest BCUT2D eigenvalue weighted by Crippen LogP contribution is 2.14. The third-order valence-corrected chi connectivity index (χ3v) is 3.92. The van der Waals surface area contributed by atoms with Gasteiger partial charge >= 0.3 is 0 Å². The number of hydrogen-bond donors (Lipinski definition) is 0. The summed E-state index contributed by atoms with van der Waals surface area (Å²) in [5.74, 6) is 0. The Hall–Kier alpha value is -1.19. The van der Waals surface area contributed by atoms with Crippen molar-refractivity contribution in [2.24, 2.45) is 0 Å². The third-order valence-electron chi connectivity index (χ3n) is 3.92. The molecule has 2 nitrogen and oxygen atoms in total. The minimum absolute atomic E-state index is 0. The van der Waals surface area contributed by atoms with E-state index in [0.29, 0.717) is 0 Å². The monoisotopic (exact) mass is 406 g/mol. The Morgan fingerprint density at radius 2 is 1.36 bits per heavy atom. The number of aromatic nitrogens is 1. The third kappa shape index (κ3) is 12.8. The smallest absolute Gasteiger partial charge is 0.0780 e. The van der Waals surface area contributed by atoms with Crippen LogP contribution in [0.4, 0.5) is 0 Å². The number of rotatable bonds is 8. The number of nitrogens with zero attached hydrogens (tertiary/aromatic N) is 2. The molecule has 2 aromatic rings. The second kappa shape index (κ2) is 14.0. The Morgan fingerprint density at radius 3 is 1.92 bits per heavy atom. The molecule has 0 aliphatic rings. The molecule has 0 radical (unpaired) electrons. The maximum absolute atomic E-state index is 4.25. The van der Waals surface area contributed by atoms with Crippen LogP contribution in [0.3, 0.4) is 0 Å². The lowest BCUT2D eigenvalue weighted by Gasteiger charge is -2.23. The summed E-state index contributed by atoms with van der Waals surface area (Å²) in [6.07, 6.45) is 10.3. The first-order valence-corrected chi connectivity index (χ1v) is 9.30. The Labute approximate surface area is 165 Å². The molecular weight excluding hydrogens is 372 g/mol. The lowest BCUT2D eigenvalue weighted by molar-refractivity contribution is -0.870. The van der Waals surface area contributed by atoms with Gasteiger partial charge in [0.1, 0.15) is 0 Å². The average molecular weight is 407 g/mol. The summed E-state index contributed by atoms with van der Waals surface area (Å²) in [5, 5.41) is 0. The number of hydrogen-bond acceptors (Lipinski definition) is 1. The molecule has 0 aliphatic carbocycles. The normalized spacial score (nSPS) is 10.4. The van der Waals surface area contributed by atoms with Gasteiger partial charge in [0.25, 0.3) is 0 Å². The van der Waals surface area contributed by atoms with E-state index in [1.54, 1.807) is 0 Å². The van der Waals surface area contributed by atoms with Gasteiger partial charge in [-0.1, -0.05) is 69.0 Å². The van der Waals surface area contributed by atoms with Crippen molar-refractivity contribution in [2.45, 2.75) is 45.4 Å². The van der Waals surface area contributed by atoms with E-state index < -0.39 is 0 Å². The van der Waals surface area contributed by atoms with Crippen LogP contribution in [0.1, 0.15) is 45.4 Å². The second-order valence-electron chi connectivity index (χ2n) is 7.36. The van der Waals surface area contributed by atoms with E-state index in [9.17, 15) is 0 Å². The van der Waals surface area contributed by atoms with Crippen LogP contribution < -0.4 is 17.0 Å². The second-order valence-corrected chi connectivity index (χ2v) is 7.36. The van der Waals surface area contributed by atoms with Crippen molar-refractivity contribution in [1.29, 1.82) is 0 Å². The Kier molecular flexibility index (Phi) is 13.4. The van der Waals surface area contributed by atoms with E-state index >= 15 is 0 Å². The quantitative estimate of drug-likeness (QED) is 0.485. The molecule has 0 amide bonds. The fourth-order valence-corrected chi connectivity index (χ4v) is 2.51. The Balaban J connectivity index is 0.000000443. The van der Waals surface area contributed by atoms with E-state index in [0.717, 1.165) is 15.7 Å². The highest BCUT2D eigenvalue weighted by Gasteiger charge is 2.04. The van der Waals surface area contributed by atoms with Crippen molar-refractivity contribution in [2.75, 3.05) is 27.7 Å². The van der Waals surface area contributed by atoms with Crippen LogP contribution in [-0.4, -0.2) is 37.2 Å². The van der Waals surface area contributed by atoms with Gasteiger partial charge in [0.15, 0.2) is 0 Å². The van der Waals surface area contributed by atoms with Gasteiger partial charge in [0, 0.05) is 11.8 Å². The fraction of sp³-hybridized carbons (Fsp3) is 0.500. The maximum Gasteiger partial charge on any atom is 0.0780 e. The number of benzene rings is 1. The summed E-state index contributed by atoms with van der Waals surface area (Å²) in [4.78, 5) is 4.25. The SMILES string of the molecule is CCCCCCCC[N+](C)(C)C.[Br-].c1ccc(-c2ccccn2)cc1. The molecule has 0 spiro atoms. The molecule has 1 aromatic carbocycles. The number of halogens is 1. The van der Waals surface area contributed by atoms with Crippen molar-refractivity contribution in [1.82, 2.24) is 4.98 Å². The molecule has 140 valence electrons. The summed E-state index contributed by atoms with van der Waals surface area (Å²) >= 11 is 0. The molecule has 1 aromatic heterocycles. The van der Waals surface area contributed by atoms with Crippen LogP contribution in [0.25, 0.3) is 11.3 Å². The molecule has 2 rings (SSSR count). The van der Waals surface area contributed by atoms with Gasteiger partial charge in [-0.3, -0.25) is 4.98 Å². The van der Waals surface area contributed by atoms with Gasteiger partial charge in [-0.05, 0) is 25.0 Å². The number of unbranched alkanes of at least 4 members (excludes halogenated alkanes) is 5. The fourth-order valence-electron chi connectivity index (χ4n) is 2.51. The van der Waals surface area contributed by atoms with Crippen LogP contribution in [0.15, 0.2) is 54.7 Å². The minimum atomic E-state index is 0. The maximum atomic E-state index is 4.25. The van der Waals surface area contributed by atoms with Crippen molar-refractivity contribution in [3.63, 3.8) is 0 Å². The molecule has 25 heavy (non-hydrogen) atoms. The predicted octanol–water partition coefficient (Wildman–Crippen LogP) is 2.81. The van der Waals surface area contributed by atoms with Gasteiger partial charge in [0.05, 0.1) is 33.4 Å². The lowest BCUT2D eigenvalue weighted by Crippen LogP contribution is -3.00.